The van der Waals surface area contributed by atoms with Crippen LogP contribution in [-0.4, -0.2) is 50.1 Å². The quantitative estimate of drug-likeness (QED) is 0.351. The zero-order valence-electron chi connectivity index (χ0n) is 23.6. The van der Waals surface area contributed by atoms with Gasteiger partial charge in [-0.2, -0.15) is 8.42 Å². The molecule has 1 aliphatic rings. The van der Waals surface area contributed by atoms with Gasteiger partial charge in [0, 0.05) is 38.3 Å². The van der Waals surface area contributed by atoms with E-state index in [-0.39, 0.29) is 43.0 Å². The van der Waals surface area contributed by atoms with Gasteiger partial charge in [-0.15, -0.1) is 0 Å². The lowest BCUT2D eigenvalue weighted by molar-refractivity contribution is 0.0978. The smallest absolute Gasteiger partial charge is 0.281 e. The summed E-state index contributed by atoms with van der Waals surface area (Å²) in [5, 5.41) is -0.275. The third kappa shape index (κ3) is 6.35. The molecule has 0 spiro atoms. The number of sulfonamides is 1. The van der Waals surface area contributed by atoms with Gasteiger partial charge in [-0.1, -0.05) is 19.9 Å². The Balaban J connectivity index is 0.00000308. The molecule has 2 aromatic heterocycles. The summed E-state index contributed by atoms with van der Waals surface area (Å²) in [6.07, 6.45) is 1.71. The van der Waals surface area contributed by atoms with Crippen LogP contribution in [0.2, 0.25) is 0 Å². The van der Waals surface area contributed by atoms with Gasteiger partial charge in [0.1, 0.15) is 28.7 Å². The molecule has 218 valence electrons. The Hall–Kier alpha value is -3.73. The molecule has 0 unspecified atom stereocenters. The molecule has 9 nitrogen and oxygen atoms in total. The van der Waals surface area contributed by atoms with Gasteiger partial charge in [-0.05, 0) is 63.8 Å². The monoisotopic (exact) mass is 574 g/mol. The van der Waals surface area contributed by atoms with Crippen LogP contribution in [0.15, 0.2) is 47.5 Å². The molecular weight excluding hydrogens is 535 g/mol. The normalized spacial score (nSPS) is 17.2. The molecule has 1 saturated heterocycles. The first-order chi connectivity index (χ1) is 18.9. The summed E-state index contributed by atoms with van der Waals surface area (Å²) in [5.41, 5.74) is 1.25. The molecule has 3 heterocycles. The van der Waals surface area contributed by atoms with E-state index in [1.54, 1.807) is 25.1 Å². The fraction of sp³-hybridized carbons (Fsp3) is 0.414. The summed E-state index contributed by atoms with van der Waals surface area (Å²) in [6.45, 7) is 10.1. The number of amides is 1. The van der Waals surface area contributed by atoms with Crippen LogP contribution in [0.1, 0.15) is 59.4 Å². The van der Waals surface area contributed by atoms with Crippen molar-refractivity contribution in [3.63, 3.8) is 0 Å². The van der Waals surface area contributed by atoms with Gasteiger partial charge in [0.15, 0.2) is 5.03 Å². The third-order valence-electron chi connectivity index (χ3n) is 6.72. The van der Waals surface area contributed by atoms with Crippen LogP contribution >= 0.6 is 0 Å². The van der Waals surface area contributed by atoms with Crippen LogP contribution in [0, 0.1) is 18.7 Å². The number of pyridine rings is 2. The van der Waals surface area contributed by atoms with Crippen molar-refractivity contribution in [3.8, 4) is 22.8 Å². The molecule has 0 saturated carbocycles. The predicted molar refractivity (Wildman–Crippen MR) is 155 cm³/mol. The second kappa shape index (κ2) is 11.8. The number of benzene rings is 1. The number of aromatic nitrogens is 2. The minimum atomic E-state index is -4.29. The van der Waals surface area contributed by atoms with E-state index in [9.17, 15) is 17.6 Å². The summed E-state index contributed by atoms with van der Waals surface area (Å²) in [5.74, 6) is -0.442. The predicted octanol–water partition coefficient (Wildman–Crippen LogP) is 5.62. The minimum absolute atomic E-state index is 0. The summed E-state index contributed by atoms with van der Waals surface area (Å²) >= 11 is 0. The van der Waals surface area contributed by atoms with Crippen LogP contribution in [0.5, 0.6) is 11.5 Å². The standard InChI is InChI=1S/C29H35FN4O5S.2H2/c1-17(2)16-39-23-13-21(12-22(30)14-23)24-15-25(38-6)27(28(32-24)34-19(4)10-11-20(34)5)29(35)33-40(36,37)26-9-7-8-18(3)31-26;;/h7-9,12-15,17,19-20H,10-11,16H2,1-6H3,(H,33,35);2*1H/t19-,20+;;. The largest absolute Gasteiger partial charge is 0.496 e. The molecule has 1 aromatic carbocycles. The summed E-state index contributed by atoms with van der Waals surface area (Å²) < 4.78 is 54.3. The van der Waals surface area contributed by atoms with Crippen molar-refractivity contribution in [1.29, 1.82) is 0 Å². The maximum Gasteiger partial charge on any atom is 0.281 e. The number of carbonyl (C=O) groups excluding carboxylic acids is 1. The lowest BCUT2D eigenvalue weighted by Crippen LogP contribution is -2.38. The zero-order chi connectivity index (χ0) is 29.2. The topological polar surface area (TPSA) is 111 Å². The molecule has 2 atom stereocenters. The van der Waals surface area contributed by atoms with Crippen molar-refractivity contribution in [3.05, 3.63) is 59.5 Å². The first-order valence-corrected chi connectivity index (χ1v) is 14.7. The van der Waals surface area contributed by atoms with Crippen LogP contribution in [0.3, 0.4) is 0 Å². The molecule has 0 radical (unpaired) electrons. The Morgan fingerprint density at radius 3 is 2.48 bits per heavy atom. The fourth-order valence-electron chi connectivity index (χ4n) is 4.78. The maximum absolute atomic E-state index is 14.6. The molecule has 1 aliphatic heterocycles. The molecule has 0 aliphatic carbocycles. The van der Waals surface area contributed by atoms with Crippen molar-refractivity contribution in [2.75, 3.05) is 18.6 Å². The van der Waals surface area contributed by atoms with Crippen molar-refractivity contribution in [2.24, 2.45) is 5.92 Å². The Morgan fingerprint density at radius 1 is 1.15 bits per heavy atom. The first-order valence-electron chi connectivity index (χ1n) is 13.2. The maximum atomic E-state index is 14.6. The molecule has 4 rings (SSSR count). The molecule has 1 fully saturated rings. The Bertz CT molecular complexity index is 1510. The summed E-state index contributed by atoms with van der Waals surface area (Å²) in [6, 6.07) is 10.4. The highest BCUT2D eigenvalue weighted by Gasteiger charge is 2.35. The summed E-state index contributed by atoms with van der Waals surface area (Å²) in [4.78, 5) is 24.5. The van der Waals surface area contributed by atoms with Gasteiger partial charge >= 0.3 is 0 Å². The van der Waals surface area contributed by atoms with E-state index in [0.29, 0.717) is 29.3 Å². The fourth-order valence-corrected chi connectivity index (χ4v) is 5.75. The average molecular weight is 575 g/mol. The summed E-state index contributed by atoms with van der Waals surface area (Å²) in [7, 11) is -2.90. The lowest BCUT2D eigenvalue weighted by atomic mass is 10.1. The van der Waals surface area contributed by atoms with E-state index in [1.807, 2.05) is 32.6 Å². The molecule has 40 heavy (non-hydrogen) atoms. The van der Waals surface area contributed by atoms with Gasteiger partial charge < -0.3 is 14.4 Å². The SMILES string of the molecule is COc1cc(-c2cc(F)cc(OCC(C)C)c2)nc(N2[C@H](C)CC[C@@H]2C)c1C(=O)NS(=O)(=O)c1cccc(C)n1.[HH].[HH]. The van der Waals surface area contributed by atoms with Crippen molar-refractivity contribution in [2.45, 2.75) is 64.6 Å². The molecule has 3 aromatic rings. The van der Waals surface area contributed by atoms with Crippen molar-refractivity contribution in [1.82, 2.24) is 14.7 Å². The van der Waals surface area contributed by atoms with Crippen LogP contribution in [0.25, 0.3) is 11.3 Å². The van der Waals surface area contributed by atoms with Crippen LogP contribution in [-0.2, 0) is 10.0 Å². The second-order valence-electron chi connectivity index (χ2n) is 10.5. The highest BCUT2D eigenvalue weighted by Crippen LogP contribution is 2.39. The number of nitrogens with zero attached hydrogens (tertiary/aromatic N) is 3. The number of nitrogens with one attached hydrogen (secondary N) is 1. The molecule has 1 amide bonds. The van der Waals surface area contributed by atoms with Crippen LogP contribution in [0.4, 0.5) is 10.2 Å². The Morgan fingerprint density at radius 2 is 1.85 bits per heavy atom. The number of hydrogen-bond acceptors (Lipinski definition) is 8. The number of halogens is 1. The number of anilines is 1. The minimum Gasteiger partial charge on any atom is -0.496 e. The highest BCUT2D eigenvalue weighted by atomic mass is 32.2. The van der Waals surface area contributed by atoms with Gasteiger partial charge in [-0.3, -0.25) is 4.79 Å². The van der Waals surface area contributed by atoms with Gasteiger partial charge in [0.25, 0.3) is 15.9 Å². The number of hydrogen-bond donors (Lipinski definition) is 1. The number of methoxy groups -OCH3 is 1. The van der Waals surface area contributed by atoms with E-state index >= 15 is 0 Å². The van der Waals surface area contributed by atoms with Crippen molar-refractivity contribution < 1.29 is 29.9 Å². The number of ether oxygens (including phenoxy) is 2. The second-order valence-corrected chi connectivity index (χ2v) is 12.2. The molecule has 1 N–H and O–H groups in total. The van der Waals surface area contributed by atoms with E-state index in [0.717, 1.165) is 12.8 Å². The highest BCUT2D eigenvalue weighted by molar-refractivity contribution is 7.90. The average Bonchev–Trinajstić information content (AvgIpc) is 3.23. The van der Waals surface area contributed by atoms with Crippen LogP contribution < -0.4 is 19.1 Å². The van der Waals surface area contributed by atoms with E-state index in [1.165, 1.54) is 31.4 Å². The van der Waals surface area contributed by atoms with Crippen molar-refractivity contribution >= 4 is 21.7 Å². The van der Waals surface area contributed by atoms with E-state index in [2.05, 4.69) is 9.71 Å². The first kappa shape index (κ1) is 29.3. The van der Waals surface area contributed by atoms with Gasteiger partial charge in [0.2, 0.25) is 0 Å². The number of carbonyl (C=O) groups is 1. The third-order valence-corrected chi connectivity index (χ3v) is 7.96. The number of rotatable bonds is 9. The van der Waals surface area contributed by atoms with Gasteiger partial charge in [-0.25, -0.2) is 19.1 Å². The molecule has 11 heteroatoms. The Kier molecular flexibility index (Phi) is 8.62. The zero-order valence-corrected chi connectivity index (χ0v) is 24.4. The van der Waals surface area contributed by atoms with E-state index in [4.69, 9.17) is 14.5 Å². The van der Waals surface area contributed by atoms with Gasteiger partial charge in [0.05, 0.1) is 19.4 Å². The lowest BCUT2D eigenvalue weighted by Gasteiger charge is -2.30. The number of aryl methyl sites for hydroxylation is 1. The molecule has 0 bridgehead atoms. The molecular formula is C29H39FN4O5S. The van der Waals surface area contributed by atoms with E-state index < -0.39 is 21.7 Å². The Labute approximate surface area is 237 Å².